The SMILES string of the molecule is CC(=O)Nc1cc(-c2ccccc2)c(-c2nnc3n2NC(c2ccccc2)=C(c2ccccc2)S3)s1. The summed E-state index contributed by atoms with van der Waals surface area (Å²) in [5, 5.41) is 13.6. The lowest BCUT2D eigenvalue weighted by Gasteiger charge is -2.24. The number of aromatic nitrogens is 3. The van der Waals surface area contributed by atoms with Gasteiger partial charge in [-0.1, -0.05) is 91.0 Å². The molecular weight excluding hydrogens is 486 g/mol. The van der Waals surface area contributed by atoms with Gasteiger partial charge in [0.2, 0.25) is 11.1 Å². The molecule has 2 N–H and O–H groups in total. The van der Waals surface area contributed by atoms with Crippen LogP contribution in [-0.2, 0) is 4.79 Å². The van der Waals surface area contributed by atoms with Crippen LogP contribution in [0.1, 0.15) is 18.1 Å². The lowest BCUT2D eigenvalue weighted by Crippen LogP contribution is -2.20. The Morgan fingerprint density at radius 3 is 2.08 bits per heavy atom. The quantitative estimate of drug-likeness (QED) is 0.274. The van der Waals surface area contributed by atoms with Crippen LogP contribution in [0.5, 0.6) is 0 Å². The molecule has 1 aliphatic rings. The highest BCUT2D eigenvalue weighted by atomic mass is 32.2. The van der Waals surface area contributed by atoms with E-state index >= 15 is 0 Å². The standard InChI is InChI=1S/C28H21N5OS2/c1-18(34)29-23-17-22(19-11-5-2-6-12-19)26(35-23)27-30-31-28-33(27)32-24(20-13-7-3-8-14-20)25(36-28)21-15-9-4-10-16-21/h2-17,32H,1H3,(H,29,34). The van der Waals surface area contributed by atoms with Crippen LogP contribution in [0.15, 0.2) is 102 Å². The number of carbonyl (C=O) groups is 1. The van der Waals surface area contributed by atoms with Gasteiger partial charge in [-0.05, 0) is 29.0 Å². The van der Waals surface area contributed by atoms with Gasteiger partial charge < -0.3 is 5.32 Å². The highest BCUT2D eigenvalue weighted by Crippen LogP contribution is 2.46. The van der Waals surface area contributed by atoms with Crippen LogP contribution in [0.25, 0.3) is 32.4 Å². The third kappa shape index (κ3) is 4.21. The summed E-state index contributed by atoms with van der Waals surface area (Å²) >= 11 is 3.08. The number of rotatable bonds is 5. The third-order valence-corrected chi connectivity index (χ3v) is 7.83. The fourth-order valence-electron chi connectivity index (χ4n) is 4.11. The van der Waals surface area contributed by atoms with Crippen LogP contribution in [0.3, 0.4) is 0 Å². The first-order valence-electron chi connectivity index (χ1n) is 11.4. The van der Waals surface area contributed by atoms with Crippen molar-refractivity contribution in [3.8, 4) is 21.8 Å². The average molecular weight is 508 g/mol. The topological polar surface area (TPSA) is 71.8 Å². The van der Waals surface area contributed by atoms with Crippen LogP contribution >= 0.6 is 23.1 Å². The van der Waals surface area contributed by atoms with Crippen LogP contribution in [0.4, 0.5) is 5.00 Å². The number of thiophene rings is 1. The molecule has 0 saturated carbocycles. The van der Waals surface area contributed by atoms with Gasteiger partial charge in [0.05, 0.1) is 15.6 Å². The Morgan fingerprint density at radius 2 is 1.44 bits per heavy atom. The predicted octanol–water partition coefficient (Wildman–Crippen LogP) is 6.81. The Labute approximate surface area is 216 Å². The van der Waals surface area contributed by atoms with E-state index < -0.39 is 0 Å². The monoisotopic (exact) mass is 507 g/mol. The first-order valence-corrected chi connectivity index (χ1v) is 13.0. The predicted molar refractivity (Wildman–Crippen MR) is 148 cm³/mol. The van der Waals surface area contributed by atoms with Gasteiger partial charge in [-0.2, -0.15) is 0 Å². The van der Waals surface area contributed by atoms with Crippen molar-refractivity contribution in [2.24, 2.45) is 0 Å². The van der Waals surface area contributed by atoms with E-state index in [1.54, 1.807) is 11.8 Å². The van der Waals surface area contributed by atoms with E-state index in [1.165, 1.54) is 18.3 Å². The summed E-state index contributed by atoms with van der Waals surface area (Å²) in [4.78, 5) is 13.8. The summed E-state index contributed by atoms with van der Waals surface area (Å²) in [6.07, 6.45) is 0. The fraction of sp³-hybridized carbons (Fsp3) is 0.0357. The molecule has 0 unspecified atom stereocenters. The zero-order valence-electron chi connectivity index (χ0n) is 19.3. The minimum Gasteiger partial charge on any atom is -0.318 e. The van der Waals surface area contributed by atoms with Gasteiger partial charge in [-0.15, -0.1) is 21.5 Å². The molecule has 0 saturated heterocycles. The molecule has 8 heteroatoms. The molecule has 36 heavy (non-hydrogen) atoms. The second-order valence-electron chi connectivity index (χ2n) is 8.19. The largest absolute Gasteiger partial charge is 0.318 e. The molecule has 0 bridgehead atoms. The molecule has 0 fully saturated rings. The van der Waals surface area contributed by atoms with Crippen LogP contribution in [-0.4, -0.2) is 20.8 Å². The first-order chi connectivity index (χ1) is 17.7. The summed E-state index contributed by atoms with van der Waals surface area (Å²) in [6, 6.07) is 32.7. The van der Waals surface area contributed by atoms with Gasteiger partial charge >= 0.3 is 0 Å². The van der Waals surface area contributed by atoms with Gasteiger partial charge in [-0.3, -0.25) is 10.2 Å². The van der Waals surface area contributed by atoms with E-state index in [0.717, 1.165) is 47.9 Å². The van der Waals surface area contributed by atoms with E-state index in [4.69, 9.17) is 0 Å². The highest BCUT2D eigenvalue weighted by Gasteiger charge is 2.28. The van der Waals surface area contributed by atoms with Crippen molar-refractivity contribution in [1.82, 2.24) is 14.9 Å². The Kier molecular flexibility index (Phi) is 5.88. The van der Waals surface area contributed by atoms with Gasteiger partial charge in [0, 0.05) is 23.0 Å². The van der Waals surface area contributed by atoms with Crippen molar-refractivity contribution in [1.29, 1.82) is 0 Å². The minimum atomic E-state index is -0.110. The van der Waals surface area contributed by atoms with E-state index in [-0.39, 0.29) is 5.91 Å². The molecule has 6 rings (SSSR count). The maximum Gasteiger partial charge on any atom is 0.221 e. The normalized spacial score (nSPS) is 12.7. The Hall–Kier alpha value is -4.14. The lowest BCUT2D eigenvalue weighted by molar-refractivity contribution is -0.114. The fourth-order valence-corrected chi connectivity index (χ4v) is 6.22. The number of carbonyl (C=O) groups excluding carboxylic acids is 1. The number of nitrogens with one attached hydrogen (secondary N) is 2. The summed E-state index contributed by atoms with van der Waals surface area (Å²) < 4.78 is 1.94. The van der Waals surface area contributed by atoms with Crippen molar-refractivity contribution in [2.75, 3.05) is 10.7 Å². The number of thioether (sulfide) groups is 1. The molecule has 6 nitrogen and oxygen atoms in total. The first kappa shape index (κ1) is 22.3. The van der Waals surface area contributed by atoms with Gasteiger partial charge in [0.25, 0.3) is 0 Å². The maximum atomic E-state index is 11.8. The Bertz CT molecular complexity index is 1570. The molecule has 5 aromatic rings. The molecule has 2 aromatic heterocycles. The number of nitrogens with zero attached hydrogens (tertiary/aromatic N) is 3. The maximum absolute atomic E-state index is 11.8. The Morgan fingerprint density at radius 1 is 0.833 bits per heavy atom. The van der Waals surface area contributed by atoms with Crippen molar-refractivity contribution in [3.63, 3.8) is 0 Å². The zero-order valence-corrected chi connectivity index (χ0v) is 20.9. The van der Waals surface area contributed by atoms with E-state index in [2.05, 4.69) is 57.3 Å². The van der Waals surface area contributed by atoms with Gasteiger partial charge in [-0.25, -0.2) is 4.68 Å². The highest BCUT2D eigenvalue weighted by molar-refractivity contribution is 8.08. The number of anilines is 1. The molecule has 0 spiro atoms. The molecule has 1 aliphatic heterocycles. The van der Waals surface area contributed by atoms with E-state index in [1.807, 2.05) is 65.3 Å². The molecule has 3 heterocycles. The summed E-state index contributed by atoms with van der Waals surface area (Å²) in [5.41, 5.74) is 8.81. The molecule has 1 amide bonds. The molecule has 0 atom stereocenters. The van der Waals surface area contributed by atoms with Crippen LogP contribution in [0.2, 0.25) is 0 Å². The number of hydrogen-bond donors (Lipinski definition) is 2. The summed E-state index contributed by atoms with van der Waals surface area (Å²) in [5.74, 6) is 0.583. The number of fused-ring (bicyclic) bond motifs is 1. The summed E-state index contributed by atoms with van der Waals surface area (Å²) in [7, 11) is 0. The Balaban J connectivity index is 1.49. The van der Waals surface area contributed by atoms with E-state index in [9.17, 15) is 4.79 Å². The van der Waals surface area contributed by atoms with E-state index in [0.29, 0.717) is 5.82 Å². The van der Waals surface area contributed by atoms with Gasteiger partial charge in [0.15, 0.2) is 5.82 Å². The third-order valence-electron chi connectivity index (χ3n) is 5.70. The minimum absolute atomic E-state index is 0.110. The van der Waals surface area contributed by atoms with Crippen molar-refractivity contribution >= 4 is 44.6 Å². The number of benzene rings is 3. The molecule has 0 aliphatic carbocycles. The van der Waals surface area contributed by atoms with Crippen LogP contribution < -0.4 is 10.7 Å². The summed E-state index contributed by atoms with van der Waals surface area (Å²) in [6.45, 7) is 1.51. The van der Waals surface area contributed by atoms with Gasteiger partial charge in [0.1, 0.15) is 0 Å². The second kappa shape index (κ2) is 9.49. The average Bonchev–Trinajstić information content (AvgIpc) is 3.52. The van der Waals surface area contributed by atoms with Crippen molar-refractivity contribution in [2.45, 2.75) is 12.1 Å². The molecule has 0 radical (unpaired) electrons. The number of hydrogen-bond acceptors (Lipinski definition) is 6. The zero-order chi connectivity index (χ0) is 24.5. The van der Waals surface area contributed by atoms with Crippen molar-refractivity contribution < 1.29 is 4.79 Å². The van der Waals surface area contributed by atoms with Crippen molar-refractivity contribution in [3.05, 3.63) is 108 Å². The smallest absolute Gasteiger partial charge is 0.221 e. The second-order valence-corrected chi connectivity index (χ2v) is 10.2. The molecule has 3 aromatic carbocycles. The lowest BCUT2D eigenvalue weighted by atomic mass is 10.1. The van der Waals surface area contributed by atoms with Crippen LogP contribution in [0, 0.1) is 0 Å². The molecular formula is C28H21N5OS2. The number of amides is 1. The molecule has 176 valence electrons.